The molecule has 0 bridgehead atoms. The summed E-state index contributed by atoms with van der Waals surface area (Å²) >= 11 is 0. The van der Waals surface area contributed by atoms with E-state index < -0.39 is 10.0 Å². The van der Waals surface area contributed by atoms with Gasteiger partial charge >= 0.3 is 0 Å². The number of anilines is 1. The van der Waals surface area contributed by atoms with E-state index in [-0.39, 0.29) is 29.3 Å². The summed E-state index contributed by atoms with van der Waals surface area (Å²) < 4.78 is 26.2. The van der Waals surface area contributed by atoms with E-state index in [2.05, 4.69) is 5.32 Å². The minimum absolute atomic E-state index is 0.119. The smallest absolute Gasteiger partial charge is 0.242 e. The van der Waals surface area contributed by atoms with E-state index in [1.54, 1.807) is 19.1 Å². The highest BCUT2D eigenvalue weighted by Gasteiger charge is 2.33. The zero-order valence-corrected chi connectivity index (χ0v) is 18.9. The fourth-order valence-electron chi connectivity index (χ4n) is 4.15. The second-order valence-corrected chi connectivity index (χ2v) is 10.5. The van der Waals surface area contributed by atoms with Crippen LogP contribution in [0.4, 0.5) is 5.69 Å². The van der Waals surface area contributed by atoms with Gasteiger partial charge in [0.25, 0.3) is 0 Å². The second-order valence-electron chi connectivity index (χ2n) is 8.33. The Morgan fingerprint density at radius 3 is 2.43 bits per heavy atom. The summed E-state index contributed by atoms with van der Waals surface area (Å²) in [6.45, 7) is 4.17. The van der Waals surface area contributed by atoms with Gasteiger partial charge < -0.3 is 10.2 Å². The number of carbonyl (C=O) groups is 2. The summed E-state index contributed by atoms with van der Waals surface area (Å²) in [6, 6.07) is 4.63. The van der Waals surface area contributed by atoms with Gasteiger partial charge in [-0.15, -0.1) is 0 Å². The van der Waals surface area contributed by atoms with Crippen molar-refractivity contribution >= 4 is 27.5 Å². The Kier molecular flexibility index (Phi) is 7.15. The van der Waals surface area contributed by atoms with E-state index in [9.17, 15) is 18.0 Å². The maximum absolute atomic E-state index is 12.9. The lowest BCUT2D eigenvalue weighted by Crippen LogP contribution is -2.52. The normalized spacial score (nSPS) is 20.5. The number of nitrogens with zero attached hydrogens (tertiary/aromatic N) is 3. The van der Waals surface area contributed by atoms with Gasteiger partial charge in [-0.2, -0.15) is 0 Å². The number of nitrogens with one attached hydrogen (secondary N) is 1. The number of sulfonamides is 1. The summed E-state index contributed by atoms with van der Waals surface area (Å²) in [4.78, 5) is 29.7. The van der Waals surface area contributed by atoms with Gasteiger partial charge in [-0.3, -0.25) is 14.5 Å². The van der Waals surface area contributed by atoms with Crippen LogP contribution in [0.25, 0.3) is 0 Å². The molecule has 2 amide bonds. The van der Waals surface area contributed by atoms with E-state index in [1.807, 2.05) is 9.80 Å². The molecule has 8 nitrogen and oxygen atoms in total. The zero-order valence-electron chi connectivity index (χ0n) is 18.1. The van der Waals surface area contributed by atoms with Crippen LogP contribution < -0.4 is 5.32 Å². The minimum atomic E-state index is -3.60. The lowest BCUT2D eigenvalue weighted by molar-refractivity contribution is -0.137. The first kappa shape index (κ1) is 22.7. The second kappa shape index (κ2) is 9.45. The summed E-state index contributed by atoms with van der Waals surface area (Å²) in [6.07, 6.45) is 4.83. The molecule has 1 aromatic carbocycles. The molecule has 2 aliphatic rings. The van der Waals surface area contributed by atoms with Crippen LogP contribution in [0, 0.1) is 6.92 Å². The molecule has 0 radical (unpaired) electrons. The average molecular weight is 437 g/mol. The van der Waals surface area contributed by atoms with Crippen LogP contribution in [0.15, 0.2) is 23.1 Å². The number of hydrogen-bond donors (Lipinski definition) is 1. The van der Waals surface area contributed by atoms with Gasteiger partial charge in [-0.05, 0) is 56.8 Å². The third-order valence-electron chi connectivity index (χ3n) is 5.89. The molecule has 2 aliphatic heterocycles. The molecule has 0 saturated carbocycles. The van der Waals surface area contributed by atoms with Gasteiger partial charge in [0.1, 0.15) is 0 Å². The summed E-state index contributed by atoms with van der Waals surface area (Å²) in [5.74, 6) is -0.108. The summed E-state index contributed by atoms with van der Waals surface area (Å²) in [5, 5.41) is 2.81. The number of benzene rings is 1. The number of aryl methyl sites for hydroxylation is 1. The third kappa shape index (κ3) is 5.01. The molecule has 1 unspecified atom stereocenters. The zero-order chi connectivity index (χ0) is 21.9. The largest absolute Gasteiger partial charge is 0.341 e. The monoisotopic (exact) mass is 436 g/mol. The Hall–Kier alpha value is -1.97. The van der Waals surface area contributed by atoms with Crippen LogP contribution in [0.1, 0.15) is 37.7 Å². The molecule has 1 atom stereocenters. The van der Waals surface area contributed by atoms with Crippen molar-refractivity contribution < 1.29 is 18.0 Å². The molecule has 3 rings (SSSR count). The quantitative estimate of drug-likeness (QED) is 0.733. The summed E-state index contributed by atoms with van der Waals surface area (Å²) in [7, 11) is -0.641. The number of hydrogen-bond acceptors (Lipinski definition) is 5. The number of piperidine rings is 1. The molecule has 0 aliphatic carbocycles. The molecule has 0 spiro atoms. The average Bonchev–Trinajstić information content (AvgIpc) is 3.24. The fourth-order valence-corrected chi connectivity index (χ4v) is 5.29. The molecule has 30 heavy (non-hydrogen) atoms. The Morgan fingerprint density at radius 2 is 1.77 bits per heavy atom. The first-order chi connectivity index (χ1) is 14.2. The van der Waals surface area contributed by atoms with Gasteiger partial charge in [0.05, 0.1) is 17.5 Å². The van der Waals surface area contributed by atoms with Gasteiger partial charge in [0.2, 0.25) is 21.8 Å². The van der Waals surface area contributed by atoms with Gasteiger partial charge in [0, 0.05) is 32.9 Å². The Labute approximate surface area is 179 Å². The van der Waals surface area contributed by atoms with Crippen LogP contribution in [-0.2, 0) is 19.6 Å². The number of likely N-dealkylation sites (tertiary alicyclic amines) is 2. The fraction of sp³-hybridized carbons (Fsp3) is 0.619. The highest BCUT2D eigenvalue weighted by atomic mass is 32.2. The maximum atomic E-state index is 12.9. The standard InChI is InChI=1S/C21H32N4O4S/c1-16-9-10-17(14-19(16)30(28,29)23(2)3)22-20(26)15-25-13-5-4-8-18(25)21(27)24-11-6-7-12-24/h9-10,14,18H,4-8,11-13,15H2,1-3H3,(H,22,26). The van der Waals surface area contributed by atoms with Gasteiger partial charge in [-0.1, -0.05) is 12.5 Å². The first-order valence-electron chi connectivity index (χ1n) is 10.6. The molecule has 166 valence electrons. The van der Waals surface area contributed by atoms with Crippen molar-refractivity contribution in [3.63, 3.8) is 0 Å². The van der Waals surface area contributed by atoms with Crippen molar-refractivity contribution in [1.29, 1.82) is 0 Å². The highest BCUT2D eigenvalue weighted by molar-refractivity contribution is 7.89. The van der Waals surface area contributed by atoms with E-state index >= 15 is 0 Å². The van der Waals surface area contributed by atoms with E-state index in [0.29, 0.717) is 17.8 Å². The molecule has 1 aromatic rings. The molecular weight excluding hydrogens is 404 g/mol. The van der Waals surface area contributed by atoms with Crippen LogP contribution in [-0.4, -0.2) is 80.7 Å². The van der Waals surface area contributed by atoms with E-state index in [0.717, 1.165) is 49.5 Å². The SMILES string of the molecule is Cc1ccc(NC(=O)CN2CCCCC2C(=O)N2CCCC2)cc1S(=O)(=O)N(C)C. The van der Waals surface area contributed by atoms with Crippen molar-refractivity contribution in [3.8, 4) is 0 Å². The van der Waals surface area contributed by atoms with Crippen molar-refractivity contribution in [2.75, 3.05) is 45.6 Å². The van der Waals surface area contributed by atoms with E-state index in [4.69, 9.17) is 0 Å². The van der Waals surface area contributed by atoms with Gasteiger partial charge in [0.15, 0.2) is 0 Å². The van der Waals surface area contributed by atoms with Crippen LogP contribution in [0.2, 0.25) is 0 Å². The van der Waals surface area contributed by atoms with Crippen LogP contribution >= 0.6 is 0 Å². The Bertz CT molecular complexity index is 894. The first-order valence-corrected chi connectivity index (χ1v) is 12.0. The van der Waals surface area contributed by atoms with Crippen LogP contribution in [0.3, 0.4) is 0 Å². The highest BCUT2D eigenvalue weighted by Crippen LogP contribution is 2.24. The summed E-state index contributed by atoms with van der Waals surface area (Å²) in [5.41, 5.74) is 1.06. The van der Waals surface area contributed by atoms with Crippen molar-refractivity contribution in [1.82, 2.24) is 14.1 Å². The molecule has 2 fully saturated rings. The molecule has 0 aromatic heterocycles. The number of carbonyl (C=O) groups excluding carboxylic acids is 2. The van der Waals surface area contributed by atoms with E-state index in [1.165, 1.54) is 20.2 Å². The number of rotatable bonds is 6. The third-order valence-corrected chi connectivity index (χ3v) is 7.85. The predicted molar refractivity (Wildman–Crippen MR) is 116 cm³/mol. The number of amides is 2. The van der Waals surface area contributed by atoms with Crippen molar-refractivity contribution in [3.05, 3.63) is 23.8 Å². The Balaban J connectivity index is 1.69. The molecule has 2 heterocycles. The topological polar surface area (TPSA) is 90.0 Å². The molecule has 1 N–H and O–H groups in total. The minimum Gasteiger partial charge on any atom is -0.341 e. The van der Waals surface area contributed by atoms with Crippen LogP contribution in [0.5, 0.6) is 0 Å². The van der Waals surface area contributed by atoms with Crippen molar-refractivity contribution in [2.45, 2.75) is 50.0 Å². The van der Waals surface area contributed by atoms with Crippen molar-refractivity contribution in [2.24, 2.45) is 0 Å². The molecule has 9 heteroatoms. The lowest BCUT2D eigenvalue weighted by atomic mass is 10.0. The molecule has 2 saturated heterocycles. The maximum Gasteiger partial charge on any atom is 0.242 e. The van der Waals surface area contributed by atoms with Gasteiger partial charge in [-0.25, -0.2) is 12.7 Å². The Morgan fingerprint density at radius 1 is 1.10 bits per heavy atom. The lowest BCUT2D eigenvalue weighted by Gasteiger charge is -2.36. The predicted octanol–water partition coefficient (Wildman–Crippen LogP) is 1.66. The molecular formula is C21H32N4O4S.